The molecule has 0 N–H and O–H groups in total. The molecular weight excluding hydrogens is 209 g/mol. The van der Waals surface area contributed by atoms with Crippen molar-refractivity contribution >= 4 is 17.4 Å². The largest absolute Gasteiger partial charge is 0.245 e. The Morgan fingerprint density at radius 3 is 2.60 bits per heavy atom. The van der Waals surface area contributed by atoms with Crippen molar-refractivity contribution in [3.63, 3.8) is 0 Å². The summed E-state index contributed by atoms with van der Waals surface area (Å²) in [5, 5.41) is 2.93. The molecule has 3 heteroatoms. The monoisotopic (exact) mass is 219 g/mol. The van der Waals surface area contributed by atoms with Gasteiger partial charge in [0.1, 0.15) is 5.01 Å². The summed E-state index contributed by atoms with van der Waals surface area (Å²) >= 11 is 1.60. The van der Waals surface area contributed by atoms with E-state index in [1.54, 1.807) is 17.5 Å². The Kier molecular flexibility index (Phi) is 2.92. The maximum absolute atomic E-state index is 12.6. The molecule has 0 atom stereocenters. The molecule has 0 unspecified atom stereocenters. The summed E-state index contributed by atoms with van der Waals surface area (Å²) in [7, 11) is 0. The van der Waals surface area contributed by atoms with Crippen molar-refractivity contribution in [1.82, 2.24) is 4.98 Å². The smallest absolute Gasteiger partial charge is 0.123 e. The summed E-state index contributed by atoms with van der Waals surface area (Å²) in [5.74, 6) is -0.183. The number of thiazole rings is 1. The van der Waals surface area contributed by atoms with Crippen molar-refractivity contribution in [3.05, 3.63) is 47.2 Å². The zero-order chi connectivity index (χ0) is 10.7. The Morgan fingerprint density at radius 2 is 2.07 bits per heavy atom. The fraction of sp³-hybridized carbons (Fsp3) is 0.0833. The molecule has 0 saturated heterocycles. The zero-order valence-electron chi connectivity index (χ0n) is 8.27. The first kappa shape index (κ1) is 10.1. The van der Waals surface area contributed by atoms with Crippen LogP contribution >= 0.6 is 11.3 Å². The van der Waals surface area contributed by atoms with Crippen LogP contribution in [0.25, 0.3) is 16.6 Å². The van der Waals surface area contributed by atoms with Crippen molar-refractivity contribution < 1.29 is 4.39 Å². The molecule has 0 aliphatic carbocycles. The first-order valence-electron chi connectivity index (χ1n) is 4.59. The Balaban J connectivity index is 2.29. The van der Waals surface area contributed by atoms with Gasteiger partial charge >= 0.3 is 0 Å². The van der Waals surface area contributed by atoms with E-state index in [9.17, 15) is 4.39 Å². The average Bonchev–Trinajstić information content (AvgIpc) is 2.71. The second-order valence-electron chi connectivity index (χ2n) is 3.19. The van der Waals surface area contributed by atoms with Gasteiger partial charge in [-0.3, -0.25) is 0 Å². The van der Waals surface area contributed by atoms with Crippen LogP contribution in [0.4, 0.5) is 4.39 Å². The minimum Gasteiger partial charge on any atom is -0.245 e. The van der Waals surface area contributed by atoms with Crippen molar-refractivity contribution in [1.29, 1.82) is 0 Å². The molecule has 2 aromatic rings. The van der Waals surface area contributed by atoms with Crippen molar-refractivity contribution in [2.75, 3.05) is 0 Å². The average molecular weight is 219 g/mol. The van der Waals surface area contributed by atoms with Gasteiger partial charge in [0.2, 0.25) is 0 Å². The highest BCUT2D eigenvalue weighted by Gasteiger charge is 1.99. The predicted molar refractivity (Wildman–Crippen MR) is 62.3 cm³/mol. The number of rotatable bonds is 2. The maximum atomic E-state index is 12.6. The fourth-order valence-electron chi connectivity index (χ4n) is 1.32. The SMILES string of the molecule is C/C(F)=C/c1ccc(-c2nccs2)cc1. The molecule has 1 aromatic heterocycles. The van der Waals surface area contributed by atoms with Crippen LogP contribution in [0.5, 0.6) is 0 Å². The second-order valence-corrected chi connectivity index (χ2v) is 4.08. The number of nitrogens with zero attached hydrogens (tertiary/aromatic N) is 1. The molecule has 76 valence electrons. The lowest BCUT2D eigenvalue weighted by Crippen LogP contribution is -1.77. The van der Waals surface area contributed by atoms with Crippen LogP contribution in [-0.2, 0) is 0 Å². The van der Waals surface area contributed by atoms with Gasteiger partial charge in [-0.2, -0.15) is 0 Å². The third-order valence-corrected chi connectivity index (χ3v) is 2.78. The van der Waals surface area contributed by atoms with Crippen molar-refractivity contribution in [3.8, 4) is 10.6 Å². The Bertz CT molecular complexity index is 453. The van der Waals surface area contributed by atoms with E-state index in [-0.39, 0.29) is 5.83 Å². The van der Waals surface area contributed by atoms with Gasteiger partial charge in [0, 0.05) is 17.1 Å². The highest BCUT2D eigenvalue weighted by Crippen LogP contribution is 2.22. The first-order chi connectivity index (χ1) is 7.25. The third kappa shape index (κ3) is 2.50. The summed E-state index contributed by atoms with van der Waals surface area (Å²) in [6, 6.07) is 7.68. The van der Waals surface area contributed by atoms with E-state index in [0.29, 0.717) is 0 Å². The Morgan fingerprint density at radius 1 is 1.33 bits per heavy atom. The topological polar surface area (TPSA) is 12.9 Å². The number of aromatic nitrogens is 1. The highest BCUT2D eigenvalue weighted by atomic mass is 32.1. The van der Waals surface area contributed by atoms with Crippen LogP contribution in [0.3, 0.4) is 0 Å². The van der Waals surface area contributed by atoms with Gasteiger partial charge in [0.05, 0.1) is 5.83 Å². The summed E-state index contributed by atoms with van der Waals surface area (Å²) in [6.45, 7) is 1.44. The molecule has 0 aliphatic rings. The van der Waals surface area contributed by atoms with Gasteiger partial charge in [-0.1, -0.05) is 24.3 Å². The van der Waals surface area contributed by atoms with Crippen molar-refractivity contribution in [2.24, 2.45) is 0 Å². The van der Waals surface area contributed by atoms with Crippen LogP contribution in [0.1, 0.15) is 12.5 Å². The minimum absolute atomic E-state index is 0.183. The van der Waals surface area contributed by atoms with E-state index in [2.05, 4.69) is 4.98 Å². The summed E-state index contributed by atoms with van der Waals surface area (Å²) in [6.07, 6.45) is 3.28. The number of halogens is 1. The van der Waals surface area contributed by atoms with E-state index in [4.69, 9.17) is 0 Å². The number of hydrogen-bond acceptors (Lipinski definition) is 2. The molecule has 0 aliphatic heterocycles. The molecule has 2 rings (SSSR count). The lowest BCUT2D eigenvalue weighted by molar-refractivity contribution is 0.648. The summed E-state index contributed by atoms with van der Waals surface area (Å²) < 4.78 is 12.6. The maximum Gasteiger partial charge on any atom is 0.123 e. The van der Waals surface area contributed by atoms with E-state index >= 15 is 0 Å². The number of allylic oxidation sites excluding steroid dienone is 1. The van der Waals surface area contributed by atoms with E-state index in [0.717, 1.165) is 16.1 Å². The predicted octanol–water partition coefficient (Wildman–Crippen LogP) is 4.14. The van der Waals surface area contributed by atoms with Crippen LogP contribution < -0.4 is 0 Å². The Hall–Kier alpha value is -1.48. The van der Waals surface area contributed by atoms with Crippen LogP contribution in [0, 0.1) is 0 Å². The van der Waals surface area contributed by atoms with E-state index in [1.807, 2.05) is 29.6 Å². The molecule has 1 heterocycles. The van der Waals surface area contributed by atoms with Gasteiger partial charge in [0.25, 0.3) is 0 Å². The summed E-state index contributed by atoms with van der Waals surface area (Å²) in [4.78, 5) is 4.21. The van der Waals surface area contributed by atoms with E-state index in [1.165, 1.54) is 13.0 Å². The molecule has 1 nitrogen and oxygen atoms in total. The van der Waals surface area contributed by atoms with Crippen molar-refractivity contribution in [2.45, 2.75) is 6.92 Å². The number of hydrogen-bond donors (Lipinski definition) is 0. The fourth-order valence-corrected chi connectivity index (χ4v) is 1.96. The number of benzene rings is 1. The lowest BCUT2D eigenvalue weighted by atomic mass is 10.1. The van der Waals surface area contributed by atoms with Gasteiger partial charge in [-0.25, -0.2) is 9.37 Å². The molecule has 15 heavy (non-hydrogen) atoms. The zero-order valence-corrected chi connectivity index (χ0v) is 9.09. The molecule has 0 spiro atoms. The highest BCUT2D eigenvalue weighted by molar-refractivity contribution is 7.13. The molecule has 0 amide bonds. The molecule has 1 aromatic carbocycles. The van der Waals surface area contributed by atoms with Crippen LogP contribution in [0.15, 0.2) is 41.7 Å². The normalized spacial score (nSPS) is 11.7. The van der Waals surface area contributed by atoms with Crippen LogP contribution in [-0.4, -0.2) is 4.98 Å². The molecular formula is C12H10FNS. The second kappa shape index (κ2) is 4.36. The molecule has 0 saturated carbocycles. The molecule has 0 fully saturated rings. The van der Waals surface area contributed by atoms with E-state index < -0.39 is 0 Å². The lowest BCUT2D eigenvalue weighted by Gasteiger charge is -1.97. The van der Waals surface area contributed by atoms with Crippen LogP contribution in [0.2, 0.25) is 0 Å². The standard InChI is InChI=1S/C12H10FNS/c1-9(13)8-10-2-4-11(5-3-10)12-14-6-7-15-12/h2-8H,1H3/b9-8-. The van der Waals surface area contributed by atoms with Gasteiger partial charge < -0.3 is 0 Å². The Labute approximate surface area is 91.9 Å². The third-order valence-electron chi connectivity index (χ3n) is 1.96. The van der Waals surface area contributed by atoms with Gasteiger partial charge in [-0.15, -0.1) is 11.3 Å². The molecule has 0 bridgehead atoms. The quantitative estimate of drug-likeness (QED) is 0.739. The minimum atomic E-state index is -0.183. The first-order valence-corrected chi connectivity index (χ1v) is 5.47. The summed E-state index contributed by atoms with van der Waals surface area (Å²) in [5.41, 5.74) is 1.94. The van der Waals surface area contributed by atoms with Gasteiger partial charge in [0.15, 0.2) is 0 Å². The molecule has 0 radical (unpaired) electrons. The van der Waals surface area contributed by atoms with Gasteiger partial charge in [-0.05, 0) is 18.6 Å².